The molecule has 1 aromatic rings. The minimum atomic E-state index is 0.735. The number of nitrogens with zero attached hydrogens (tertiary/aromatic N) is 1. The Labute approximate surface area is 121 Å². The second-order valence-corrected chi connectivity index (χ2v) is 6.51. The maximum Gasteiger partial charge on any atom is 0.0471 e. The van der Waals surface area contributed by atoms with Crippen LogP contribution in [0.2, 0.25) is 5.02 Å². The van der Waals surface area contributed by atoms with Crippen molar-refractivity contribution in [2.45, 2.75) is 45.2 Å². The average molecular weight is 279 g/mol. The molecule has 1 N–H and O–H groups in total. The molecule has 1 aromatic carbocycles. The Hall–Kier alpha value is -0.730. The van der Waals surface area contributed by atoms with Crippen LogP contribution < -0.4 is 10.2 Å². The first-order chi connectivity index (χ1) is 9.22. The van der Waals surface area contributed by atoms with Crippen LogP contribution >= 0.6 is 11.6 Å². The van der Waals surface area contributed by atoms with Crippen LogP contribution in [-0.4, -0.2) is 19.1 Å². The van der Waals surface area contributed by atoms with Gasteiger partial charge in [0.05, 0.1) is 0 Å². The van der Waals surface area contributed by atoms with Gasteiger partial charge < -0.3 is 10.2 Å². The third kappa shape index (κ3) is 3.43. The average Bonchev–Trinajstić information content (AvgIpc) is 3.22. The molecule has 3 heteroatoms. The van der Waals surface area contributed by atoms with E-state index in [0.29, 0.717) is 0 Å². The van der Waals surface area contributed by atoms with Gasteiger partial charge in [-0.15, -0.1) is 0 Å². The van der Waals surface area contributed by atoms with Gasteiger partial charge in [-0.2, -0.15) is 0 Å². The summed E-state index contributed by atoms with van der Waals surface area (Å²) in [6, 6.07) is 7.29. The Morgan fingerprint density at radius 1 is 1.21 bits per heavy atom. The smallest absolute Gasteiger partial charge is 0.0471 e. The van der Waals surface area contributed by atoms with Crippen molar-refractivity contribution in [1.82, 2.24) is 5.32 Å². The molecule has 1 saturated carbocycles. The first-order valence-corrected chi connectivity index (χ1v) is 7.87. The normalized spacial score (nSPS) is 20.8. The molecule has 0 spiro atoms. The molecule has 2 nitrogen and oxygen atoms in total. The van der Waals surface area contributed by atoms with E-state index in [0.717, 1.165) is 36.6 Å². The fraction of sp³-hybridized carbons (Fsp3) is 0.625. The first kappa shape index (κ1) is 13.3. The molecule has 0 bridgehead atoms. The molecule has 19 heavy (non-hydrogen) atoms. The molecule has 0 aromatic heterocycles. The van der Waals surface area contributed by atoms with Crippen LogP contribution in [0.5, 0.6) is 0 Å². The van der Waals surface area contributed by atoms with Gasteiger partial charge in [0.2, 0.25) is 0 Å². The van der Waals surface area contributed by atoms with Gasteiger partial charge in [0, 0.05) is 36.4 Å². The van der Waals surface area contributed by atoms with Crippen LogP contribution in [0.1, 0.15) is 38.2 Å². The molecule has 2 fully saturated rings. The zero-order valence-electron chi connectivity index (χ0n) is 11.7. The fourth-order valence-corrected chi connectivity index (χ4v) is 2.93. The van der Waals surface area contributed by atoms with Crippen LogP contribution in [0.3, 0.4) is 0 Å². The topological polar surface area (TPSA) is 15.3 Å². The summed E-state index contributed by atoms with van der Waals surface area (Å²) >= 11 is 6.41. The molecule has 0 atom stereocenters. The lowest BCUT2D eigenvalue weighted by molar-refractivity contribution is 0.438. The maximum atomic E-state index is 6.41. The number of rotatable bonds is 4. The number of halogens is 1. The molecule has 3 rings (SSSR count). The van der Waals surface area contributed by atoms with Gasteiger partial charge in [-0.1, -0.05) is 24.6 Å². The fourth-order valence-electron chi connectivity index (χ4n) is 2.68. The van der Waals surface area contributed by atoms with E-state index in [-0.39, 0.29) is 0 Å². The second kappa shape index (κ2) is 5.72. The first-order valence-electron chi connectivity index (χ1n) is 7.49. The van der Waals surface area contributed by atoms with Crippen LogP contribution in [-0.2, 0) is 6.54 Å². The zero-order chi connectivity index (χ0) is 13.2. The molecule has 1 aliphatic heterocycles. The van der Waals surface area contributed by atoms with Gasteiger partial charge in [0.1, 0.15) is 0 Å². The van der Waals surface area contributed by atoms with E-state index in [1.165, 1.54) is 36.9 Å². The number of piperidine rings is 1. The number of hydrogen-bond acceptors (Lipinski definition) is 2. The third-order valence-corrected chi connectivity index (χ3v) is 4.70. The highest BCUT2D eigenvalue weighted by Gasteiger charge is 2.21. The summed E-state index contributed by atoms with van der Waals surface area (Å²) in [4.78, 5) is 2.46. The Balaban J connectivity index is 1.64. The summed E-state index contributed by atoms with van der Waals surface area (Å²) in [5.41, 5.74) is 2.51. The van der Waals surface area contributed by atoms with Gasteiger partial charge in [-0.25, -0.2) is 0 Å². The summed E-state index contributed by atoms with van der Waals surface area (Å²) < 4.78 is 0. The van der Waals surface area contributed by atoms with E-state index in [9.17, 15) is 0 Å². The minimum absolute atomic E-state index is 0.735. The van der Waals surface area contributed by atoms with E-state index in [4.69, 9.17) is 11.6 Å². The number of hydrogen-bond donors (Lipinski definition) is 1. The quantitative estimate of drug-likeness (QED) is 0.900. The monoisotopic (exact) mass is 278 g/mol. The van der Waals surface area contributed by atoms with Gasteiger partial charge in [-0.3, -0.25) is 0 Å². The van der Waals surface area contributed by atoms with Crippen molar-refractivity contribution >= 4 is 17.3 Å². The van der Waals surface area contributed by atoms with E-state index < -0.39 is 0 Å². The van der Waals surface area contributed by atoms with Crippen LogP contribution in [0.25, 0.3) is 0 Å². The minimum Gasteiger partial charge on any atom is -0.371 e. The van der Waals surface area contributed by atoms with Crippen LogP contribution in [0, 0.1) is 5.92 Å². The van der Waals surface area contributed by atoms with Gasteiger partial charge in [0.15, 0.2) is 0 Å². The van der Waals surface area contributed by atoms with Crippen LogP contribution in [0.15, 0.2) is 18.2 Å². The maximum absolute atomic E-state index is 6.41. The molecule has 2 aliphatic rings. The zero-order valence-corrected chi connectivity index (χ0v) is 12.4. The second-order valence-electron chi connectivity index (χ2n) is 6.10. The summed E-state index contributed by atoms with van der Waals surface area (Å²) in [5.74, 6) is 0.869. The number of nitrogens with one attached hydrogen (secondary N) is 1. The van der Waals surface area contributed by atoms with Crippen LogP contribution in [0.4, 0.5) is 5.69 Å². The van der Waals surface area contributed by atoms with Gasteiger partial charge in [0.25, 0.3) is 0 Å². The predicted molar refractivity (Wildman–Crippen MR) is 81.9 cm³/mol. The highest BCUT2D eigenvalue weighted by molar-refractivity contribution is 6.31. The number of anilines is 1. The van der Waals surface area contributed by atoms with Crippen molar-refractivity contribution in [2.24, 2.45) is 5.92 Å². The molecule has 104 valence electrons. The van der Waals surface area contributed by atoms with E-state index >= 15 is 0 Å². The van der Waals surface area contributed by atoms with E-state index in [1.54, 1.807) is 0 Å². The summed E-state index contributed by atoms with van der Waals surface area (Å²) in [6.07, 6.45) is 5.23. The SMILES string of the molecule is CC1CCN(c2ccc(CNC3CC3)c(Cl)c2)CC1. The highest BCUT2D eigenvalue weighted by Crippen LogP contribution is 2.28. The summed E-state index contributed by atoms with van der Waals surface area (Å²) in [6.45, 7) is 5.58. The van der Waals surface area contributed by atoms with Crippen molar-refractivity contribution < 1.29 is 0 Å². The summed E-state index contributed by atoms with van der Waals surface area (Å²) in [7, 11) is 0. The molecule has 0 radical (unpaired) electrons. The highest BCUT2D eigenvalue weighted by atomic mass is 35.5. The Morgan fingerprint density at radius 2 is 1.95 bits per heavy atom. The van der Waals surface area contributed by atoms with Crippen molar-refractivity contribution in [3.05, 3.63) is 28.8 Å². The lowest BCUT2D eigenvalue weighted by atomic mass is 9.98. The lowest BCUT2D eigenvalue weighted by Gasteiger charge is -2.32. The predicted octanol–water partition coefficient (Wildman–Crippen LogP) is 3.83. The van der Waals surface area contributed by atoms with Crippen molar-refractivity contribution in [3.8, 4) is 0 Å². The molecule has 1 saturated heterocycles. The molecule has 1 aliphatic carbocycles. The Morgan fingerprint density at radius 3 is 2.58 bits per heavy atom. The molecule has 0 amide bonds. The van der Waals surface area contributed by atoms with Gasteiger partial charge in [-0.05, 0) is 49.3 Å². The largest absolute Gasteiger partial charge is 0.371 e. The Kier molecular flexibility index (Phi) is 3.99. The molecular formula is C16H23ClN2. The lowest BCUT2D eigenvalue weighted by Crippen LogP contribution is -2.32. The molecular weight excluding hydrogens is 256 g/mol. The standard InChI is InChI=1S/C16H23ClN2/c1-12-6-8-19(9-7-12)15-5-2-13(16(17)10-15)11-18-14-3-4-14/h2,5,10,12,14,18H,3-4,6-9,11H2,1H3. The van der Waals surface area contributed by atoms with Gasteiger partial charge >= 0.3 is 0 Å². The Bertz CT molecular complexity index is 434. The van der Waals surface area contributed by atoms with Crippen molar-refractivity contribution in [3.63, 3.8) is 0 Å². The van der Waals surface area contributed by atoms with Crippen molar-refractivity contribution in [1.29, 1.82) is 0 Å². The van der Waals surface area contributed by atoms with E-state index in [1.807, 2.05) is 0 Å². The number of benzene rings is 1. The van der Waals surface area contributed by atoms with Crippen molar-refractivity contribution in [2.75, 3.05) is 18.0 Å². The molecule has 0 unspecified atom stereocenters. The van der Waals surface area contributed by atoms with E-state index in [2.05, 4.69) is 35.3 Å². The summed E-state index contributed by atoms with van der Waals surface area (Å²) in [5, 5.41) is 4.43. The third-order valence-electron chi connectivity index (χ3n) is 4.34. The molecule has 1 heterocycles.